The average Bonchev–Trinajstić information content (AvgIpc) is 3.11. The number of hydrogen-bond donors (Lipinski definition) is 0. The average molecular weight is 486 g/mol. The van der Waals surface area contributed by atoms with E-state index in [9.17, 15) is 0 Å². The minimum absolute atomic E-state index is 0.826. The van der Waals surface area contributed by atoms with Crippen LogP contribution in [0.25, 0.3) is 33.0 Å². The molecule has 0 unspecified atom stereocenters. The fourth-order valence-corrected chi connectivity index (χ4v) is 3.84. The molecule has 0 heterocycles. The first-order valence-electron chi connectivity index (χ1n) is 9.40. The van der Waals surface area contributed by atoms with Crippen molar-refractivity contribution in [3.05, 3.63) is 89.5 Å². The van der Waals surface area contributed by atoms with E-state index in [2.05, 4.69) is 93.6 Å². The Hall–Kier alpha value is -1.27. The molecule has 0 saturated heterocycles. The molecule has 0 fully saturated rings. The molecule has 28 heavy (non-hydrogen) atoms. The topological polar surface area (TPSA) is 0 Å². The summed E-state index contributed by atoms with van der Waals surface area (Å²) in [6, 6.07) is 26.8. The summed E-state index contributed by atoms with van der Waals surface area (Å²) in [4.78, 5) is 0. The molecular weight excluding hydrogens is 462 g/mol. The Morgan fingerprint density at radius 1 is 0.821 bits per heavy atom. The van der Waals surface area contributed by atoms with Gasteiger partial charge in [0.05, 0.1) is 0 Å². The van der Waals surface area contributed by atoms with Crippen LogP contribution in [0.1, 0.15) is 23.6 Å². The van der Waals surface area contributed by atoms with Crippen LogP contribution in [-0.2, 0) is 27.3 Å². The summed E-state index contributed by atoms with van der Waals surface area (Å²) in [7, 11) is 9.87. The standard InChI is InChI=1S/C25H23.2ClH.Zr/c1-4-19-15-21-10-11-23(20-8-6-5-7-9-20)25(24(21)16-19)22-13-17(2)12-18(3)14-22;;;/h5-16H,4H2,1-3H3;2*1H;/q-1;;;+2/p-2. The monoisotopic (exact) mass is 483 g/mol. The van der Waals surface area contributed by atoms with E-state index in [1.807, 2.05) is 0 Å². The molecule has 0 aliphatic rings. The molecule has 0 spiro atoms. The van der Waals surface area contributed by atoms with Crippen LogP contribution in [-0.4, -0.2) is 0 Å². The fraction of sp³-hybridized carbons (Fsp3) is 0.160. The van der Waals surface area contributed by atoms with E-state index < -0.39 is 20.8 Å². The van der Waals surface area contributed by atoms with E-state index in [0.717, 1.165) is 6.42 Å². The van der Waals surface area contributed by atoms with Crippen molar-refractivity contribution in [2.24, 2.45) is 0 Å². The van der Waals surface area contributed by atoms with E-state index in [0.29, 0.717) is 0 Å². The third-order valence-corrected chi connectivity index (χ3v) is 4.95. The van der Waals surface area contributed by atoms with Crippen LogP contribution in [0.4, 0.5) is 0 Å². The molecule has 0 atom stereocenters. The molecule has 0 saturated carbocycles. The quantitative estimate of drug-likeness (QED) is 0.255. The predicted molar refractivity (Wildman–Crippen MR) is 121 cm³/mol. The molecule has 0 radical (unpaired) electrons. The molecule has 0 aliphatic heterocycles. The molecule has 0 N–H and O–H groups in total. The SMILES string of the molecule is CCc1cc2c(-c3cc(C)cc(C)c3)c(-c3ccccc3)ccc2[cH-]1.[Cl][Zr][Cl]. The Morgan fingerprint density at radius 2 is 1.46 bits per heavy atom. The molecule has 0 nitrogen and oxygen atoms in total. The molecular formula is C25H23Cl2Zr-. The van der Waals surface area contributed by atoms with Gasteiger partial charge >= 0.3 is 37.9 Å². The van der Waals surface area contributed by atoms with Crippen molar-refractivity contribution in [1.29, 1.82) is 0 Å². The van der Waals surface area contributed by atoms with Gasteiger partial charge in [0.15, 0.2) is 0 Å². The second-order valence-electron chi connectivity index (χ2n) is 7.02. The number of rotatable bonds is 3. The van der Waals surface area contributed by atoms with Crippen molar-refractivity contribution in [3.8, 4) is 22.3 Å². The van der Waals surface area contributed by atoms with E-state index in [4.69, 9.17) is 17.0 Å². The van der Waals surface area contributed by atoms with Gasteiger partial charge in [-0.2, -0.15) is 6.07 Å². The zero-order valence-electron chi connectivity index (χ0n) is 16.4. The third-order valence-electron chi connectivity index (χ3n) is 4.95. The van der Waals surface area contributed by atoms with E-state index in [1.165, 1.54) is 49.7 Å². The summed E-state index contributed by atoms with van der Waals surface area (Å²) in [5, 5.41) is 2.70. The summed E-state index contributed by atoms with van der Waals surface area (Å²) < 4.78 is 0. The van der Waals surface area contributed by atoms with Crippen molar-refractivity contribution in [1.82, 2.24) is 0 Å². The van der Waals surface area contributed by atoms with Crippen LogP contribution in [0.2, 0.25) is 0 Å². The Kier molecular flexibility index (Phi) is 7.64. The molecule has 142 valence electrons. The van der Waals surface area contributed by atoms with Crippen molar-refractivity contribution in [2.75, 3.05) is 0 Å². The Bertz CT molecular complexity index is 1040. The van der Waals surface area contributed by atoms with Gasteiger partial charge < -0.3 is 0 Å². The van der Waals surface area contributed by atoms with E-state index in [1.54, 1.807) is 0 Å². The number of aryl methyl sites for hydroxylation is 3. The third kappa shape index (κ3) is 4.83. The molecule has 4 rings (SSSR count). The van der Waals surface area contributed by atoms with Gasteiger partial charge in [0.2, 0.25) is 0 Å². The molecule has 0 amide bonds. The Balaban J connectivity index is 0.000000706. The second kappa shape index (κ2) is 9.97. The van der Waals surface area contributed by atoms with Crippen LogP contribution in [0.15, 0.2) is 72.8 Å². The molecule has 0 aliphatic carbocycles. The number of halogens is 2. The first-order valence-corrected chi connectivity index (χ1v) is 15.7. The molecule has 0 aromatic heterocycles. The van der Waals surface area contributed by atoms with Gasteiger partial charge in [-0.25, -0.2) is 0 Å². The fourth-order valence-electron chi connectivity index (χ4n) is 3.84. The van der Waals surface area contributed by atoms with Crippen molar-refractivity contribution in [3.63, 3.8) is 0 Å². The van der Waals surface area contributed by atoms with Gasteiger partial charge in [-0.3, -0.25) is 0 Å². The summed E-state index contributed by atoms with van der Waals surface area (Å²) in [5.74, 6) is 0. The second-order valence-corrected chi connectivity index (χ2v) is 10.8. The predicted octanol–water partition coefficient (Wildman–Crippen LogP) is 8.45. The van der Waals surface area contributed by atoms with E-state index >= 15 is 0 Å². The Labute approximate surface area is 186 Å². The number of fused-ring (bicyclic) bond motifs is 1. The summed E-state index contributed by atoms with van der Waals surface area (Å²) in [6.07, 6.45) is 1.07. The van der Waals surface area contributed by atoms with Crippen LogP contribution in [0, 0.1) is 13.8 Å². The molecule has 4 aromatic carbocycles. The molecule has 4 aromatic rings. The zero-order valence-corrected chi connectivity index (χ0v) is 20.4. The zero-order chi connectivity index (χ0) is 20.1. The Morgan fingerprint density at radius 3 is 2.07 bits per heavy atom. The van der Waals surface area contributed by atoms with Crippen LogP contribution >= 0.6 is 17.0 Å². The van der Waals surface area contributed by atoms with Gasteiger partial charge in [0.1, 0.15) is 0 Å². The molecule has 3 heteroatoms. The number of benzene rings is 3. The van der Waals surface area contributed by atoms with Crippen molar-refractivity contribution < 1.29 is 20.8 Å². The van der Waals surface area contributed by atoms with Gasteiger partial charge in [-0.15, -0.1) is 28.5 Å². The van der Waals surface area contributed by atoms with Gasteiger partial charge in [-0.1, -0.05) is 78.2 Å². The van der Waals surface area contributed by atoms with Gasteiger partial charge in [0, 0.05) is 0 Å². The normalized spacial score (nSPS) is 10.5. The van der Waals surface area contributed by atoms with Gasteiger partial charge in [0.25, 0.3) is 0 Å². The van der Waals surface area contributed by atoms with Crippen LogP contribution < -0.4 is 0 Å². The van der Waals surface area contributed by atoms with Gasteiger partial charge in [-0.05, 0) is 37.0 Å². The van der Waals surface area contributed by atoms with Crippen molar-refractivity contribution in [2.45, 2.75) is 27.2 Å². The van der Waals surface area contributed by atoms with E-state index in [-0.39, 0.29) is 0 Å². The maximum absolute atomic E-state index is 4.93. The summed E-state index contributed by atoms with van der Waals surface area (Å²) in [5.41, 5.74) is 9.29. The first kappa shape index (κ1) is 21.4. The van der Waals surface area contributed by atoms with Crippen LogP contribution in [0.5, 0.6) is 0 Å². The number of hydrogen-bond acceptors (Lipinski definition) is 0. The first-order chi connectivity index (χ1) is 13.6. The van der Waals surface area contributed by atoms with Crippen molar-refractivity contribution >= 4 is 27.8 Å². The van der Waals surface area contributed by atoms with Crippen LogP contribution in [0.3, 0.4) is 0 Å². The summed E-state index contributed by atoms with van der Waals surface area (Å²) >= 11 is -0.826. The maximum atomic E-state index is 4.93. The summed E-state index contributed by atoms with van der Waals surface area (Å²) in [6.45, 7) is 6.59. The minimum atomic E-state index is -0.826. The molecule has 0 bridgehead atoms.